The summed E-state index contributed by atoms with van der Waals surface area (Å²) in [6.45, 7) is 3.60. The van der Waals surface area contributed by atoms with Crippen molar-refractivity contribution in [2.24, 2.45) is 0 Å². The normalized spacial score (nSPS) is 10.9. The summed E-state index contributed by atoms with van der Waals surface area (Å²) >= 11 is 9.12. The maximum atomic E-state index is 13.5. The average molecular weight is 319 g/mol. The standard InChI is InChI=1S/C11H10BrClFN3/c1-5-11(13)6(2)17(16-5)10-4-8(14)7(12)3-9(10)15/h3-4H,15H2,1-2H3. The molecule has 0 radical (unpaired) electrons. The second-order valence-corrected chi connectivity index (χ2v) is 4.95. The monoisotopic (exact) mass is 317 g/mol. The molecule has 1 heterocycles. The van der Waals surface area contributed by atoms with Crippen molar-refractivity contribution in [3.63, 3.8) is 0 Å². The maximum Gasteiger partial charge on any atom is 0.139 e. The molecular weight excluding hydrogens is 308 g/mol. The maximum absolute atomic E-state index is 13.5. The first-order valence-electron chi connectivity index (χ1n) is 4.88. The number of anilines is 1. The molecule has 0 bridgehead atoms. The average Bonchev–Trinajstić information content (AvgIpc) is 2.51. The van der Waals surface area contributed by atoms with Crippen molar-refractivity contribution in [1.29, 1.82) is 0 Å². The number of nitrogens with two attached hydrogens (primary N) is 1. The van der Waals surface area contributed by atoms with E-state index in [4.69, 9.17) is 17.3 Å². The molecule has 1 aromatic heterocycles. The van der Waals surface area contributed by atoms with E-state index in [1.807, 2.05) is 6.92 Å². The molecule has 0 aliphatic rings. The third-order valence-electron chi connectivity index (χ3n) is 2.50. The first-order chi connectivity index (χ1) is 7.91. The van der Waals surface area contributed by atoms with Gasteiger partial charge >= 0.3 is 0 Å². The number of halogens is 3. The van der Waals surface area contributed by atoms with E-state index in [-0.39, 0.29) is 0 Å². The van der Waals surface area contributed by atoms with Crippen molar-refractivity contribution in [2.45, 2.75) is 13.8 Å². The van der Waals surface area contributed by atoms with Crippen molar-refractivity contribution >= 4 is 33.2 Å². The van der Waals surface area contributed by atoms with Gasteiger partial charge in [-0.2, -0.15) is 5.10 Å². The first kappa shape index (κ1) is 12.4. The lowest BCUT2D eigenvalue weighted by Gasteiger charge is -2.09. The lowest BCUT2D eigenvalue weighted by Crippen LogP contribution is -2.04. The van der Waals surface area contributed by atoms with E-state index in [1.54, 1.807) is 11.6 Å². The van der Waals surface area contributed by atoms with Crippen molar-refractivity contribution in [3.05, 3.63) is 38.8 Å². The fourth-order valence-electron chi connectivity index (χ4n) is 1.59. The van der Waals surface area contributed by atoms with E-state index < -0.39 is 5.82 Å². The largest absolute Gasteiger partial charge is 0.397 e. The fourth-order valence-corrected chi connectivity index (χ4v) is 2.07. The van der Waals surface area contributed by atoms with Gasteiger partial charge in [0.25, 0.3) is 0 Å². The Bertz CT molecular complexity index is 595. The van der Waals surface area contributed by atoms with E-state index in [2.05, 4.69) is 21.0 Å². The highest BCUT2D eigenvalue weighted by molar-refractivity contribution is 9.10. The van der Waals surface area contributed by atoms with Gasteiger partial charge in [-0.05, 0) is 35.8 Å². The number of aromatic nitrogens is 2. The fraction of sp³-hybridized carbons (Fsp3) is 0.182. The Balaban J connectivity index is 2.68. The predicted octanol–water partition coefficient (Wildman–Crippen LogP) is 3.63. The van der Waals surface area contributed by atoms with Crippen LogP contribution < -0.4 is 5.73 Å². The topological polar surface area (TPSA) is 43.8 Å². The summed E-state index contributed by atoms with van der Waals surface area (Å²) in [6, 6.07) is 2.84. The Morgan fingerprint density at radius 3 is 2.59 bits per heavy atom. The molecule has 0 unspecified atom stereocenters. The number of benzene rings is 1. The van der Waals surface area contributed by atoms with Crippen LogP contribution in [0.4, 0.5) is 10.1 Å². The van der Waals surface area contributed by atoms with Crippen molar-refractivity contribution in [3.8, 4) is 5.69 Å². The SMILES string of the molecule is Cc1nn(-c2cc(F)c(Br)cc2N)c(C)c1Cl. The molecule has 3 nitrogen and oxygen atoms in total. The summed E-state index contributed by atoms with van der Waals surface area (Å²) in [6.07, 6.45) is 0. The number of nitrogen functional groups attached to an aromatic ring is 1. The molecule has 17 heavy (non-hydrogen) atoms. The van der Waals surface area contributed by atoms with Crippen LogP contribution in [0.15, 0.2) is 16.6 Å². The summed E-state index contributed by atoms with van der Waals surface area (Å²) in [4.78, 5) is 0. The van der Waals surface area contributed by atoms with E-state index >= 15 is 0 Å². The highest BCUT2D eigenvalue weighted by Gasteiger charge is 2.14. The minimum absolute atomic E-state index is 0.325. The second-order valence-electron chi connectivity index (χ2n) is 3.72. The number of hydrogen-bond acceptors (Lipinski definition) is 2. The molecule has 2 N–H and O–H groups in total. The molecule has 0 fully saturated rings. The van der Waals surface area contributed by atoms with Gasteiger partial charge in [0.2, 0.25) is 0 Å². The minimum atomic E-state index is -0.391. The molecule has 0 saturated heterocycles. The van der Waals surface area contributed by atoms with Gasteiger partial charge in [-0.25, -0.2) is 9.07 Å². The molecule has 0 aliphatic carbocycles. The van der Waals surface area contributed by atoms with Crippen LogP contribution >= 0.6 is 27.5 Å². The summed E-state index contributed by atoms with van der Waals surface area (Å²) < 4.78 is 15.4. The quantitative estimate of drug-likeness (QED) is 0.816. The molecule has 0 saturated carbocycles. The van der Waals surface area contributed by atoms with Gasteiger partial charge < -0.3 is 5.73 Å². The summed E-state index contributed by atoms with van der Waals surface area (Å²) in [7, 11) is 0. The van der Waals surface area contributed by atoms with E-state index in [0.29, 0.717) is 26.6 Å². The van der Waals surface area contributed by atoms with Crippen molar-refractivity contribution in [1.82, 2.24) is 9.78 Å². The predicted molar refractivity (Wildman–Crippen MR) is 70.1 cm³/mol. The van der Waals surface area contributed by atoms with Gasteiger partial charge in [0.15, 0.2) is 0 Å². The van der Waals surface area contributed by atoms with E-state index in [9.17, 15) is 4.39 Å². The van der Waals surface area contributed by atoms with Crippen LogP contribution in [0.1, 0.15) is 11.4 Å². The van der Waals surface area contributed by atoms with Crippen LogP contribution in [0.2, 0.25) is 5.02 Å². The van der Waals surface area contributed by atoms with Crippen molar-refractivity contribution < 1.29 is 4.39 Å². The van der Waals surface area contributed by atoms with Crippen LogP contribution in [-0.4, -0.2) is 9.78 Å². The lowest BCUT2D eigenvalue weighted by atomic mass is 10.2. The van der Waals surface area contributed by atoms with Gasteiger partial charge in [-0.15, -0.1) is 0 Å². The third kappa shape index (κ3) is 2.05. The number of nitrogens with zero attached hydrogens (tertiary/aromatic N) is 2. The molecule has 0 aliphatic heterocycles. The Morgan fingerprint density at radius 2 is 2.06 bits per heavy atom. The third-order valence-corrected chi connectivity index (χ3v) is 3.66. The summed E-state index contributed by atoms with van der Waals surface area (Å²) in [5, 5.41) is 4.80. The molecule has 0 atom stereocenters. The van der Waals surface area contributed by atoms with Crippen LogP contribution in [0.25, 0.3) is 5.69 Å². The molecule has 6 heteroatoms. The number of rotatable bonds is 1. The number of aryl methyl sites for hydroxylation is 1. The van der Waals surface area contributed by atoms with Crippen LogP contribution in [0.5, 0.6) is 0 Å². The van der Waals surface area contributed by atoms with Gasteiger partial charge in [0.1, 0.15) is 5.82 Å². The van der Waals surface area contributed by atoms with E-state index in [1.165, 1.54) is 12.1 Å². The molecule has 1 aromatic carbocycles. The molecule has 0 amide bonds. The van der Waals surface area contributed by atoms with Gasteiger partial charge in [-0.3, -0.25) is 0 Å². The minimum Gasteiger partial charge on any atom is -0.397 e. The highest BCUT2D eigenvalue weighted by Crippen LogP contribution is 2.28. The zero-order chi connectivity index (χ0) is 12.7. The Morgan fingerprint density at radius 1 is 1.41 bits per heavy atom. The Hall–Kier alpha value is -1.07. The van der Waals surface area contributed by atoms with E-state index in [0.717, 1.165) is 5.69 Å². The van der Waals surface area contributed by atoms with Gasteiger partial charge in [0, 0.05) is 6.07 Å². The lowest BCUT2D eigenvalue weighted by molar-refractivity contribution is 0.618. The highest BCUT2D eigenvalue weighted by atomic mass is 79.9. The summed E-state index contributed by atoms with van der Waals surface area (Å²) in [5.41, 5.74) is 8.19. The number of hydrogen-bond donors (Lipinski definition) is 1. The second kappa shape index (κ2) is 4.31. The smallest absolute Gasteiger partial charge is 0.139 e. The Labute approximate surface area is 112 Å². The molecule has 0 spiro atoms. The first-order valence-corrected chi connectivity index (χ1v) is 6.05. The Kier molecular flexibility index (Phi) is 3.14. The zero-order valence-corrected chi connectivity index (χ0v) is 11.6. The molecular formula is C11H10BrClFN3. The zero-order valence-electron chi connectivity index (χ0n) is 9.26. The molecule has 90 valence electrons. The van der Waals surface area contributed by atoms with Gasteiger partial charge in [0.05, 0.1) is 32.3 Å². The van der Waals surface area contributed by atoms with Crippen molar-refractivity contribution in [2.75, 3.05) is 5.73 Å². The van der Waals surface area contributed by atoms with Crippen LogP contribution in [0, 0.1) is 19.7 Å². The molecule has 2 rings (SSSR count). The van der Waals surface area contributed by atoms with Crippen LogP contribution in [0.3, 0.4) is 0 Å². The molecule has 2 aromatic rings. The summed E-state index contributed by atoms with van der Waals surface area (Å²) in [5.74, 6) is -0.391. The van der Waals surface area contributed by atoms with Crippen LogP contribution in [-0.2, 0) is 0 Å². The van der Waals surface area contributed by atoms with Gasteiger partial charge in [-0.1, -0.05) is 11.6 Å².